The van der Waals surface area contributed by atoms with Crippen molar-refractivity contribution in [1.82, 2.24) is 4.90 Å². The minimum Gasteiger partial charge on any atom is -0.496 e. The first-order valence-electron chi connectivity index (χ1n) is 8.13. The van der Waals surface area contributed by atoms with Crippen LogP contribution in [0.3, 0.4) is 0 Å². The monoisotopic (exact) mass is 402 g/mol. The molecule has 25 heavy (non-hydrogen) atoms. The van der Waals surface area contributed by atoms with Crippen LogP contribution in [0, 0.1) is 0 Å². The molecule has 1 saturated heterocycles. The van der Waals surface area contributed by atoms with E-state index in [4.69, 9.17) is 4.74 Å². The number of halogens is 1. The van der Waals surface area contributed by atoms with E-state index in [1.54, 1.807) is 36.4 Å². The van der Waals surface area contributed by atoms with Gasteiger partial charge in [-0.05, 0) is 49.2 Å². The molecule has 1 aliphatic rings. The molecule has 6 heteroatoms. The summed E-state index contributed by atoms with van der Waals surface area (Å²) in [5.41, 5.74) is 1.59. The van der Waals surface area contributed by atoms with Crippen molar-refractivity contribution >= 4 is 33.4 Å². The molecule has 0 aliphatic carbocycles. The highest BCUT2D eigenvalue weighted by Crippen LogP contribution is 2.24. The minimum absolute atomic E-state index is 0.00800. The van der Waals surface area contributed by atoms with Crippen LogP contribution >= 0.6 is 15.9 Å². The smallest absolute Gasteiger partial charge is 0.259 e. The Kier molecular flexibility index (Phi) is 5.38. The SMILES string of the molecule is COc1ccc(Br)cc1C(=O)Nc1cccc(C(=O)N2CCCC2)c1. The summed E-state index contributed by atoms with van der Waals surface area (Å²) < 4.78 is 6.03. The largest absolute Gasteiger partial charge is 0.496 e. The predicted molar refractivity (Wildman–Crippen MR) is 100 cm³/mol. The fourth-order valence-electron chi connectivity index (χ4n) is 2.89. The Bertz CT molecular complexity index is 801. The molecule has 0 unspecified atom stereocenters. The lowest BCUT2D eigenvalue weighted by molar-refractivity contribution is 0.0792. The van der Waals surface area contributed by atoms with Crippen molar-refractivity contribution in [3.63, 3.8) is 0 Å². The Hall–Kier alpha value is -2.34. The Morgan fingerprint density at radius 3 is 2.60 bits per heavy atom. The fraction of sp³-hybridized carbons (Fsp3) is 0.263. The van der Waals surface area contributed by atoms with Crippen molar-refractivity contribution in [3.05, 3.63) is 58.1 Å². The number of nitrogens with one attached hydrogen (secondary N) is 1. The van der Waals surface area contributed by atoms with Crippen molar-refractivity contribution in [2.24, 2.45) is 0 Å². The lowest BCUT2D eigenvalue weighted by Gasteiger charge is -2.16. The van der Waals surface area contributed by atoms with Gasteiger partial charge < -0.3 is 15.0 Å². The molecule has 5 nitrogen and oxygen atoms in total. The van der Waals surface area contributed by atoms with E-state index < -0.39 is 0 Å². The first kappa shape index (κ1) is 17.5. The van der Waals surface area contributed by atoms with Crippen LogP contribution in [0.5, 0.6) is 5.75 Å². The number of hydrogen-bond donors (Lipinski definition) is 1. The highest BCUT2D eigenvalue weighted by molar-refractivity contribution is 9.10. The predicted octanol–water partition coefficient (Wildman–Crippen LogP) is 3.95. The Balaban J connectivity index is 1.79. The minimum atomic E-state index is -0.288. The van der Waals surface area contributed by atoms with E-state index >= 15 is 0 Å². The second kappa shape index (κ2) is 7.70. The number of methoxy groups -OCH3 is 1. The number of amides is 2. The molecule has 2 aromatic carbocycles. The average Bonchev–Trinajstić information content (AvgIpc) is 3.16. The summed E-state index contributed by atoms with van der Waals surface area (Å²) in [5, 5.41) is 2.84. The van der Waals surface area contributed by atoms with Crippen molar-refractivity contribution in [2.45, 2.75) is 12.8 Å². The standard InChI is InChI=1S/C19H19BrN2O3/c1-25-17-8-7-14(20)12-16(17)18(23)21-15-6-4-5-13(11-15)19(24)22-9-2-3-10-22/h4-8,11-12H,2-3,9-10H2,1H3,(H,21,23). The van der Waals surface area contributed by atoms with Crippen LogP contribution in [0.25, 0.3) is 0 Å². The lowest BCUT2D eigenvalue weighted by atomic mass is 10.1. The van der Waals surface area contributed by atoms with E-state index in [1.807, 2.05) is 11.0 Å². The zero-order valence-corrected chi connectivity index (χ0v) is 15.5. The second-order valence-electron chi connectivity index (χ2n) is 5.88. The molecular weight excluding hydrogens is 384 g/mol. The van der Waals surface area contributed by atoms with Gasteiger partial charge in [0, 0.05) is 28.8 Å². The third-order valence-corrected chi connectivity index (χ3v) is 4.66. The first-order chi connectivity index (χ1) is 12.1. The van der Waals surface area contributed by atoms with E-state index in [1.165, 1.54) is 7.11 Å². The summed E-state index contributed by atoms with van der Waals surface area (Å²) in [6.45, 7) is 1.59. The number of benzene rings is 2. The van der Waals surface area contributed by atoms with Crippen molar-refractivity contribution in [1.29, 1.82) is 0 Å². The number of rotatable bonds is 4. The van der Waals surface area contributed by atoms with Gasteiger partial charge in [-0.1, -0.05) is 22.0 Å². The van der Waals surface area contributed by atoms with Crippen LogP contribution < -0.4 is 10.1 Å². The van der Waals surface area contributed by atoms with Gasteiger partial charge in [-0.15, -0.1) is 0 Å². The fourth-order valence-corrected chi connectivity index (χ4v) is 3.25. The zero-order valence-electron chi connectivity index (χ0n) is 13.9. The summed E-state index contributed by atoms with van der Waals surface area (Å²) >= 11 is 3.36. The van der Waals surface area contributed by atoms with Gasteiger partial charge in [0.15, 0.2) is 0 Å². The molecule has 130 valence electrons. The number of hydrogen-bond acceptors (Lipinski definition) is 3. The van der Waals surface area contributed by atoms with E-state index in [9.17, 15) is 9.59 Å². The third-order valence-electron chi connectivity index (χ3n) is 4.17. The highest BCUT2D eigenvalue weighted by Gasteiger charge is 2.20. The maximum absolute atomic E-state index is 12.6. The second-order valence-corrected chi connectivity index (χ2v) is 6.79. The van der Waals surface area contributed by atoms with Gasteiger partial charge in [0.1, 0.15) is 5.75 Å². The first-order valence-corrected chi connectivity index (χ1v) is 8.92. The Labute approximate surface area is 155 Å². The van der Waals surface area contributed by atoms with Gasteiger partial charge in [0.25, 0.3) is 11.8 Å². The summed E-state index contributed by atoms with van der Waals surface area (Å²) in [7, 11) is 1.52. The lowest BCUT2D eigenvalue weighted by Crippen LogP contribution is -2.27. The van der Waals surface area contributed by atoms with E-state index in [0.717, 1.165) is 30.4 Å². The van der Waals surface area contributed by atoms with E-state index in [-0.39, 0.29) is 11.8 Å². The number of likely N-dealkylation sites (tertiary alicyclic amines) is 1. The molecule has 1 N–H and O–H groups in total. The number of ether oxygens (including phenoxy) is 1. The van der Waals surface area contributed by atoms with E-state index in [0.29, 0.717) is 22.6 Å². The summed E-state index contributed by atoms with van der Waals surface area (Å²) in [5.74, 6) is 0.211. The summed E-state index contributed by atoms with van der Waals surface area (Å²) in [6, 6.07) is 12.3. The van der Waals surface area contributed by atoms with E-state index in [2.05, 4.69) is 21.2 Å². The van der Waals surface area contributed by atoms with Gasteiger partial charge in [-0.3, -0.25) is 9.59 Å². The van der Waals surface area contributed by atoms with Crippen molar-refractivity contribution in [3.8, 4) is 5.75 Å². The van der Waals surface area contributed by atoms with Crippen LogP contribution in [0.1, 0.15) is 33.6 Å². The molecule has 0 spiro atoms. The van der Waals surface area contributed by atoms with Gasteiger partial charge >= 0.3 is 0 Å². The topological polar surface area (TPSA) is 58.6 Å². The Morgan fingerprint density at radius 2 is 1.88 bits per heavy atom. The normalized spacial score (nSPS) is 13.6. The molecule has 3 rings (SSSR count). The van der Waals surface area contributed by atoms with Crippen LogP contribution in [-0.2, 0) is 0 Å². The molecule has 0 radical (unpaired) electrons. The molecular formula is C19H19BrN2O3. The maximum Gasteiger partial charge on any atom is 0.259 e. The van der Waals surface area contributed by atoms with Crippen LogP contribution in [-0.4, -0.2) is 36.9 Å². The molecule has 0 saturated carbocycles. The average molecular weight is 403 g/mol. The van der Waals surface area contributed by atoms with Crippen molar-refractivity contribution in [2.75, 3.05) is 25.5 Å². The molecule has 0 atom stereocenters. The molecule has 0 aromatic heterocycles. The van der Waals surface area contributed by atoms with Gasteiger partial charge in [-0.25, -0.2) is 0 Å². The molecule has 1 fully saturated rings. The maximum atomic E-state index is 12.6. The molecule has 0 bridgehead atoms. The van der Waals surface area contributed by atoms with Crippen molar-refractivity contribution < 1.29 is 14.3 Å². The summed E-state index contributed by atoms with van der Waals surface area (Å²) in [6.07, 6.45) is 2.09. The summed E-state index contributed by atoms with van der Waals surface area (Å²) in [4.78, 5) is 26.9. The quantitative estimate of drug-likeness (QED) is 0.841. The van der Waals surface area contributed by atoms with Crippen LogP contribution in [0.2, 0.25) is 0 Å². The molecule has 2 aromatic rings. The van der Waals surface area contributed by atoms with Gasteiger partial charge in [-0.2, -0.15) is 0 Å². The number of nitrogens with zero attached hydrogens (tertiary/aromatic N) is 1. The number of carbonyl (C=O) groups is 2. The number of anilines is 1. The molecule has 1 aliphatic heterocycles. The van der Waals surface area contributed by atoms with Crippen LogP contribution in [0.4, 0.5) is 5.69 Å². The zero-order chi connectivity index (χ0) is 17.8. The van der Waals surface area contributed by atoms with Gasteiger partial charge in [0.2, 0.25) is 0 Å². The third kappa shape index (κ3) is 4.02. The number of carbonyl (C=O) groups excluding carboxylic acids is 2. The molecule has 1 heterocycles. The van der Waals surface area contributed by atoms with Gasteiger partial charge in [0.05, 0.1) is 12.7 Å². The highest BCUT2D eigenvalue weighted by atomic mass is 79.9. The van der Waals surface area contributed by atoms with Crippen LogP contribution in [0.15, 0.2) is 46.9 Å². The Morgan fingerprint density at radius 1 is 1.12 bits per heavy atom. The molecule has 2 amide bonds.